The number of nitrogens with one attached hydrogen (secondary N) is 2. The Bertz CT molecular complexity index is 1190. The van der Waals surface area contributed by atoms with E-state index in [1.165, 1.54) is 18.2 Å². The highest BCUT2D eigenvalue weighted by atomic mass is 32.2. The minimum Gasteiger partial charge on any atom is -0.406 e. The molecule has 36 heavy (non-hydrogen) atoms. The van der Waals surface area contributed by atoms with Crippen LogP contribution in [0.1, 0.15) is 6.92 Å². The average Bonchev–Trinajstić information content (AvgIpc) is 3.33. The molecular formula is C20H18F6N6O3S. The van der Waals surface area contributed by atoms with E-state index >= 15 is 0 Å². The molecule has 0 radical (unpaired) electrons. The number of alkyl halides is 6. The van der Waals surface area contributed by atoms with E-state index in [9.17, 15) is 35.9 Å². The van der Waals surface area contributed by atoms with Gasteiger partial charge in [0.15, 0.2) is 5.82 Å². The minimum atomic E-state index is -4.97. The normalized spacial score (nSPS) is 19.0. The van der Waals surface area contributed by atoms with Gasteiger partial charge in [-0.25, -0.2) is 9.08 Å². The van der Waals surface area contributed by atoms with Gasteiger partial charge in [-0.1, -0.05) is 19.1 Å². The molecule has 0 aliphatic carbocycles. The summed E-state index contributed by atoms with van der Waals surface area (Å²) in [5.41, 5.74) is 0.842. The van der Waals surface area contributed by atoms with Crippen LogP contribution in [0.25, 0.3) is 17.0 Å². The summed E-state index contributed by atoms with van der Waals surface area (Å²) in [5.74, 6) is -2.87. The van der Waals surface area contributed by atoms with Crippen molar-refractivity contribution in [2.45, 2.75) is 18.8 Å². The largest absolute Gasteiger partial charge is 0.573 e. The highest BCUT2D eigenvalue weighted by Crippen LogP contribution is 2.33. The van der Waals surface area contributed by atoms with E-state index in [1.54, 1.807) is 6.92 Å². The zero-order valence-corrected chi connectivity index (χ0v) is 19.0. The molecule has 4 N–H and O–H groups in total. The lowest BCUT2D eigenvalue weighted by Gasteiger charge is -2.11. The number of halogens is 6. The number of rotatable bonds is 7. The fourth-order valence-corrected chi connectivity index (χ4v) is 3.56. The van der Waals surface area contributed by atoms with Crippen molar-refractivity contribution < 1.29 is 40.7 Å². The molecule has 1 aliphatic heterocycles. The van der Waals surface area contributed by atoms with Crippen LogP contribution in [0.3, 0.4) is 0 Å². The predicted molar refractivity (Wildman–Crippen MR) is 119 cm³/mol. The summed E-state index contributed by atoms with van der Waals surface area (Å²) in [6.45, 7) is 1.65. The fraction of sp³-hybridized carbons (Fsp3) is 0.300. The first-order chi connectivity index (χ1) is 16.8. The molecule has 2 heterocycles. The van der Waals surface area contributed by atoms with Gasteiger partial charge in [-0.05, 0) is 12.1 Å². The van der Waals surface area contributed by atoms with Gasteiger partial charge in [0.25, 0.3) is 0 Å². The lowest BCUT2D eigenvalue weighted by Crippen LogP contribution is -2.28. The summed E-state index contributed by atoms with van der Waals surface area (Å²) in [6.07, 6.45) is -3.34. The lowest BCUT2D eigenvalue weighted by molar-refractivity contribution is -0.274. The maximum Gasteiger partial charge on any atom is 0.573 e. The number of nitrogens with two attached hydrogens (primary N) is 1. The molecule has 0 saturated carbocycles. The molecule has 194 valence electrons. The van der Waals surface area contributed by atoms with E-state index in [0.717, 1.165) is 29.2 Å². The van der Waals surface area contributed by atoms with Crippen LogP contribution >= 0.6 is 11.9 Å². The van der Waals surface area contributed by atoms with Crippen LogP contribution in [0.5, 0.6) is 5.75 Å². The van der Waals surface area contributed by atoms with Gasteiger partial charge < -0.3 is 21.1 Å². The van der Waals surface area contributed by atoms with Gasteiger partial charge in [0.2, 0.25) is 11.8 Å². The van der Waals surface area contributed by atoms with Crippen LogP contribution < -0.4 is 21.1 Å². The third kappa shape index (κ3) is 6.93. The molecule has 0 unspecified atom stereocenters. The van der Waals surface area contributed by atoms with Crippen molar-refractivity contribution in [3.05, 3.63) is 36.5 Å². The number of allylic oxidation sites excluding steroid dienone is 1. The first-order valence-corrected chi connectivity index (χ1v) is 10.8. The maximum absolute atomic E-state index is 12.7. The second-order valence-corrected chi connectivity index (χ2v) is 8.25. The van der Waals surface area contributed by atoms with E-state index in [-0.39, 0.29) is 35.2 Å². The third-order valence-electron chi connectivity index (χ3n) is 4.93. The predicted octanol–water partition coefficient (Wildman–Crippen LogP) is 3.77. The molecule has 2 amide bonds. The number of nitrogens with zero attached hydrogens (tertiary/aromatic N) is 3. The topological polar surface area (TPSA) is 124 Å². The number of carbonyl (C=O) groups is 2. The number of ether oxygens (including phenoxy) is 1. The summed E-state index contributed by atoms with van der Waals surface area (Å²) in [6, 6.07) is 5.98. The molecule has 2 atom stereocenters. The summed E-state index contributed by atoms with van der Waals surface area (Å²) < 4.78 is 83.6. The van der Waals surface area contributed by atoms with Gasteiger partial charge in [0.05, 0.1) is 35.5 Å². The molecule has 1 aromatic heterocycles. The number of anilines is 1. The maximum atomic E-state index is 12.7. The first-order valence-electron chi connectivity index (χ1n) is 10.0. The molecule has 1 fully saturated rings. The number of benzene rings is 1. The SMILES string of the molecule is C[C@H]1C(=O)NC[C@@H]1C(=O)Nc1cc(-c2cccc(OC(F)(F)F)c2)n(C(/C=N\SC(F)(F)F)=C/N)n1. The molecule has 2 aromatic rings. The zero-order valence-electron chi connectivity index (χ0n) is 18.2. The van der Waals surface area contributed by atoms with Crippen LogP contribution in [0.15, 0.2) is 40.9 Å². The van der Waals surface area contributed by atoms with Crippen molar-refractivity contribution in [2.24, 2.45) is 22.0 Å². The number of amides is 2. The molecule has 1 saturated heterocycles. The zero-order chi connectivity index (χ0) is 26.7. The van der Waals surface area contributed by atoms with Crippen molar-refractivity contribution in [2.75, 3.05) is 11.9 Å². The average molecular weight is 536 g/mol. The molecule has 0 spiro atoms. The first kappa shape index (κ1) is 26.9. The highest BCUT2D eigenvalue weighted by Gasteiger charge is 2.36. The van der Waals surface area contributed by atoms with Gasteiger partial charge >= 0.3 is 11.9 Å². The lowest BCUT2D eigenvalue weighted by atomic mass is 9.97. The van der Waals surface area contributed by atoms with Gasteiger partial charge in [-0.15, -0.1) is 18.3 Å². The van der Waals surface area contributed by atoms with E-state index in [1.807, 2.05) is 0 Å². The molecule has 1 aromatic carbocycles. The van der Waals surface area contributed by atoms with Gasteiger partial charge in [0.1, 0.15) is 5.75 Å². The minimum absolute atomic E-state index is 0.0479. The Balaban J connectivity index is 1.99. The smallest absolute Gasteiger partial charge is 0.406 e. The van der Waals surface area contributed by atoms with Crippen molar-refractivity contribution in [3.8, 4) is 17.0 Å². The molecule has 9 nitrogen and oxygen atoms in total. The summed E-state index contributed by atoms with van der Waals surface area (Å²) in [4.78, 5) is 24.4. The molecule has 1 aliphatic rings. The quantitative estimate of drug-likeness (QED) is 0.281. The Morgan fingerprint density at radius 3 is 2.61 bits per heavy atom. The Labute approximate surface area is 203 Å². The number of carbonyl (C=O) groups excluding carboxylic acids is 2. The second-order valence-electron chi connectivity index (χ2n) is 7.39. The highest BCUT2D eigenvalue weighted by molar-refractivity contribution is 7.99. The van der Waals surface area contributed by atoms with Gasteiger partial charge in [0, 0.05) is 30.3 Å². The molecular weight excluding hydrogens is 518 g/mol. The van der Waals surface area contributed by atoms with E-state index in [2.05, 4.69) is 24.9 Å². The number of hydrogen-bond donors (Lipinski definition) is 3. The second kappa shape index (κ2) is 10.5. The Hall–Kier alpha value is -3.69. The van der Waals surface area contributed by atoms with Crippen LogP contribution in [-0.4, -0.2) is 46.2 Å². The summed E-state index contributed by atoms with van der Waals surface area (Å²) >= 11 is -0.705. The molecule has 0 bridgehead atoms. The van der Waals surface area contributed by atoms with E-state index in [0.29, 0.717) is 0 Å². The van der Waals surface area contributed by atoms with Crippen LogP contribution in [-0.2, 0) is 9.59 Å². The summed E-state index contributed by atoms with van der Waals surface area (Å²) in [5, 5.41) is 9.17. The van der Waals surface area contributed by atoms with Gasteiger partial charge in [-0.3, -0.25) is 9.59 Å². The van der Waals surface area contributed by atoms with Gasteiger partial charge in [-0.2, -0.15) is 13.2 Å². The Morgan fingerprint density at radius 1 is 1.31 bits per heavy atom. The number of hydrogen-bond acceptors (Lipinski definition) is 7. The van der Waals surface area contributed by atoms with Crippen molar-refractivity contribution >= 4 is 41.5 Å². The monoisotopic (exact) mass is 536 g/mol. The van der Waals surface area contributed by atoms with E-state index in [4.69, 9.17) is 5.73 Å². The fourth-order valence-electron chi connectivity index (χ4n) is 3.28. The van der Waals surface area contributed by atoms with Crippen molar-refractivity contribution in [1.29, 1.82) is 0 Å². The summed E-state index contributed by atoms with van der Waals surface area (Å²) in [7, 11) is 0. The third-order valence-corrected chi connectivity index (χ3v) is 5.35. The standard InChI is InChI=1S/C20H18F6N6O3S/c1-10-14(9-28-17(10)33)18(34)30-16-6-15(11-3-2-4-13(5-11)35-19(21,22)23)32(31-16)12(7-27)8-29-36-20(24,25)26/h2-8,10,14H,9,27H2,1H3,(H,28,33)(H,30,31,34)/b12-7+,29-8-/t10-,14+/m1/s1. The van der Waals surface area contributed by atoms with Crippen LogP contribution in [0.2, 0.25) is 0 Å². The Morgan fingerprint density at radius 2 is 2.03 bits per heavy atom. The van der Waals surface area contributed by atoms with Crippen molar-refractivity contribution in [1.82, 2.24) is 15.1 Å². The Kier molecular flexibility index (Phi) is 7.86. The molecule has 3 rings (SSSR count). The number of aromatic nitrogens is 2. The molecule has 16 heteroatoms. The van der Waals surface area contributed by atoms with Crippen molar-refractivity contribution in [3.63, 3.8) is 0 Å². The van der Waals surface area contributed by atoms with Crippen LogP contribution in [0.4, 0.5) is 32.2 Å². The van der Waals surface area contributed by atoms with Crippen LogP contribution in [0, 0.1) is 11.8 Å². The van der Waals surface area contributed by atoms with E-state index < -0.39 is 47.3 Å².